The van der Waals surface area contributed by atoms with Crippen molar-refractivity contribution in [3.63, 3.8) is 0 Å². The summed E-state index contributed by atoms with van der Waals surface area (Å²) >= 11 is 0. The Hall–Kier alpha value is -2.23. The first kappa shape index (κ1) is 14.2. The highest BCUT2D eigenvalue weighted by atomic mass is 16.6. The molecule has 0 amide bonds. The third-order valence-corrected chi connectivity index (χ3v) is 3.28. The maximum absolute atomic E-state index is 12.3. The van der Waals surface area contributed by atoms with Gasteiger partial charge in [0.1, 0.15) is 11.5 Å². The number of hydrogen-bond acceptors (Lipinski definition) is 4. The molecule has 20 heavy (non-hydrogen) atoms. The zero-order valence-electron chi connectivity index (χ0n) is 12.1. The predicted octanol–water partition coefficient (Wildman–Crippen LogP) is 3.19. The summed E-state index contributed by atoms with van der Waals surface area (Å²) in [5, 5.41) is 0. The van der Waals surface area contributed by atoms with Gasteiger partial charge in [0.25, 0.3) is 5.95 Å². The van der Waals surface area contributed by atoms with Crippen LogP contribution in [-0.2, 0) is 6.42 Å². The summed E-state index contributed by atoms with van der Waals surface area (Å²) in [6, 6.07) is 7.40. The Balaban J connectivity index is 2.65. The molecule has 4 heteroatoms. The fraction of sp³-hybridized carbons (Fsp3) is 0.312. The second-order valence-corrected chi connectivity index (χ2v) is 4.44. The van der Waals surface area contributed by atoms with Gasteiger partial charge in [-0.2, -0.15) is 0 Å². The molecule has 2 aromatic rings. The van der Waals surface area contributed by atoms with Crippen LogP contribution in [0.4, 0.5) is 0 Å². The quantitative estimate of drug-likeness (QED) is 0.859. The van der Waals surface area contributed by atoms with Crippen LogP contribution in [0, 0.1) is 6.92 Å². The number of benzene rings is 1. The Kier molecular flexibility index (Phi) is 4.13. The van der Waals surface area contributed by atoms with Gasteiger partial charge in [-0.25, -0.2) is 0 Å². The minimum absolute atomic E-state index is 0.0265. The van der Waals surface area contributed by atoms with Gasteiger partial charge in [-0.1, -0.05) is 6.92 Å². The van der Waals surface area contributed by atoms with Gasteiger partial charge >= 0.3 is 0 Å². The summed E-state index contributed by atoms with van der Waals surface area (Å²) in [6.45, 7) is 3.65. The van der Waals surface area contributed by atoms with Crippen LogP contribution in [0.15, 0.2) is 33.5 Å². The van der Waals surface area contributed by atoms with Gasteiger partial charge < -0.3 is 13.9 Å². The Labute approximate surface area is 118 Å². The molecule has 2 rings (SSSR count). The first-order chi connectivity index (χ1) is 9.62. The van der Waals surface area contributed by atoms with Crippen molar-refractivity contribution in [2.24, 2.45) is 0 Å². The molecule has 0 aliphatic carbocycles. The molecule has 0 N–H and O–H groups in total. The largest absolute Gasteiger partial charge is 0.497 e. The maximum atomic E-state index is 12.3. The molecular formula is C16H18O4. The van der Waals surface area contributed by atoms with Crippen molar-refractivity contribution in [1.29, 1.82) is 0 Å². The maximum Gasteiger partial charge on any atom is 0.291 e. The third-order valence-electron chi connectivity index (χ3n) is 3.28. The van der Waals surface area contributed by atoms with Crippen LogP contribution in [0.2, 0.25) is 0 Å². The summed E-state index contributed by atoms with van der Waals surface area (Å²) in [4.78, 5) is 12.3. The van der Waals surface area contributed by atoms with Gasteiger partial charge in [-0.05, 0) is 37.6 Å². The van der Waals surface area contributed by atoms with Crippen molar-refractivity contribution in [3.05, 3.63) is 45.6 Å². The van der Waals surface area contributed by atoms with E-state index in [4.69, 9.17) is 13.9 Å². The average molecular weight is 274 g/mol. The SMILES string of the molecule is CCc1c(-c2ccc(OC)cc2)oc(OC)c(C)c1=O. The van der Waals surface area contributed by atoms with Crippen LogP contribution in [0.5, 0.6) is 11.7 Å². The van der Waals surface area contributed by atoms with E-state index >= 15 is 0 Å². The van der Waals surface area contributed by atoms with E-state index < -0.39 is 0 Å². The number of methoxy groups -OCH3 is 2. The Morgan fingerprint density at radius 1 is 1.10 bits per heavy atom. The second kappa shape index (κ2) is 5.82. The average Bonchev–Trinajstić information content (AvgIpc) is 2.50. The van der Waals surface area contributed by atoms with Crippen molar-refractivity contribution in [2.45, 2.75) is 20.3 Å². The van der Waals surface area contributed by atoms with E-state index in [1.807, 2.05) is 31.2 Å². The van der Waals surface area contributed by atoms with Crippen LogP contribution in [0.25, 0.3) is 11.3 Å². The zero-order valence-corrected chi connectivity index (χ0v) is 12.1. The Bertz CT molecular complexity index is 653. The molecule has 0 saturated heterocycles. The molecule has 0 spiro atoms. The summed E-state index contributed by atoms with van der Waals surface area (Å²) < 4.78 is 16.0. The van der Waals surface area contributed by atoms with Gasteiger partial charge in [0.05, 0.1) is 19.8 Å². The molecule has 106 valence electrons. The van der Waals surface area contributed by atoms with Crippen molar-refractivity contribution in [3.8, 4) is 23.0 Å². The highest BCUT2D eigenvalue weighted by Crippen LogP contribution is 2.29. The van der Waals surface area contributed by atoms with E-state index in [0.29, 0.717) is 23.3 Å². The standard InChI is InChI=1S/C16H18O4/c1-5-13-14(17)10(2)16(19-4)20-15(13)11-6-8-12(18-3)9-7-11/h6-9H,5H2,1-4H3. The molecular weight excluding hydrogens is 256 g/mol. The van der Waals surface area contributed by atoms with E-state index in [9.17, 15) is 4.79 Å². The topological polar surface area (TPSA) is 48.7 Å². The first-order valence-corrected chi connectivity index (χ1v) is 6.47. The number of rotatable bonds is 4. The van der Waals surface area contributed by atoms with Crippen LogP contribution in [0.1, 0.15) is 18.1 Å². The van der Waals surface area contributed by atoms with Crippen molar-refractivity contribution in [2.75, 3.05) is 14.2 Å². The van der Waals surface area contributed by atoms with Crippen LogP contribution >= 0.6 is 0 Å². The van der Waals surface area contributed by atoms with E-state index in [-0.39, 0.29) is 11.4 Å². The molecule has 0 radical (unpaired) electrons. The van der Waals surface area contributed by atoms with Gasteiger partial charge in [-0.3, -0.25) is 4.79 Å². The normalized spacial score (nSPS) is 10.4. The molecule has 0 aliphatic rings. The van der Waals surface area contributed by atoms with Gasteiger partial charge in [-0.15, -0.1) is 0 Å². The van der Waals surface area contributed by atoms with Crippen LogP contribution in [-0.4, -0.2) is 14.2 Å². The lowest BCUT2D eigenvalue weighted by molar-refractivity contribution is 0.296. The predicted molar refractivity (Wildman–Crippen MR) is 77.6 cm³/mol. The molecule has 1 heterocycles. The lowest BCUT2D eigenvalue weighted by Crippen LogP contribution is -2.14. The second-order valence-electron chi connectivity index (χ2n) is 4.44. The molecule has 0 aliphatic heterocycles. The Morgan fingerprint density at radius 2 is 1.75 bits per heavy atom. The molecule has 4 nitrogen and oxygen atoms in total. The summed E-state index contributed by atoms with van der Waals surface area (Å²) in [7, 11) is 3.11. The molecule has 0 fully saturated rings. The van der Waals surface area contributed by atoms with Gasteiger partial charge in [0, 0.05) is 11.1 Å². The van der Waals surface area contributed by atoms with Crippen molar-refractivity contribution >= 4 is 0 Å². The molecule has 0 saturated carbocycles. The smallest absolute Gasteiger partial charge is 0.291 e. The number of hydrogen-bond donors (Lipinski definition) is 0. The van der Waals surface area contributed by atoms with Crippen LogP contribution in [0.3, 0.4) is 0 Å². The summed E-state index contributed by atoms with van der Waals surface area (Å²) in [5.41, 5.74) is 1.97. The summed E-state index contributed by atoms with van der Waals surface area (Å²) in [5.74, 6) is 1.58. The minimum Gasteiger partial charge on any atom is -0.497 e. The van der Waals surface area contributed by atoms with E-state index in [1.54, 1.807) is 14.0 Å². The van der Waals surface area contributed by atoms with Gasteiger partial charge in [0.15, 0.2) is 5.43 Å². The highest BCUT2D eigenvalue weighted by molar-refractivity contribution is 5.63. The van der Waals surface area contributed by atoms with E-state index in [1.165, 1.54) is 7.11 Å². The van der Waals surface area contributed by atoms with Crippen molar-refractivity contribution < 1.29 is 13.9 Å². The van der Waals surface area contributed by atoms with Crippen LogP contribution < -0.4 is 14.9 Å². The van der Waals surface area contributed by atoms with Crippen molar-refractivity contribution in [1.82, 2.24) is 0 Å². The molecule has 0 unspecified atom stereocenters. The molecule has 0 atom stereocenters. The highest BCUT2D eigenvalue weighted by Gasteiger charge is 2.17. The first-order valence-electron chi connectivity index (χ1n) is 6.47. The molecule has 1 aromatic carbocycles. The molecule has 1 aromatic heterocycles. The van der Waals surface area contributed by atoms with E-state index in [0.717, 1.165) is 11.3 Å². The van der Waals surface area contributed by atoms with Gasteiger partial charge in [0.2, 0.25) is 0 Å². The lowest BCUT2D eigenvalue weighted by atomic mass is 10.0. The fourth-order valence-corrected chi connectivity index (χ4v) is 2.14. The zero-order chi connectivity index (χ0) is 14.7. The van der Waals surface area contributed by atoms with E-state index in [2.05, 4.69) is 0 Å². The Morgan fingerprint density at radius 3 is 2.25 bits per heavy atom. The summed E-state index contributed by atoms with van der Waals surface area (Å²) in [6.07, 6.45) is 0.606. The third kappa shape index (κ3) is 2.41. The molecule has 0 bridgehead atoms. The fourth-order valence-electron chi connectivity index (χ4n) is 2.14. The minimum atomic E-state index is -0.0265. The lowest BCUT2D eigenvalue weighted by Gasteiger charge is -2.11. The number of ether oxygens (including phenoxy) is 2. The monoisotopic (exact) mass is 274 g/mol.